The number of nitrogens with zero attached hydrogens (tertiary/aromatic N) is 1. The molecule has 0 bridgehead atoms. The summed E-state index contributed by atoms with van der Waals surface area (Å²) in [6.45, 7) is 1.21. The number of thioether (sulfide) groups is 1. The van der Waals surface area contributed by atoms with Crippen LogP contribution >= 0.6 is 11.8 Å². The average molecular weight is 193 g/mol. The van der Waals surface area contributed by atoms with Crippen molar-refractivity contribution < 1.29 is 13.7 Å². The number of oxime groups is 1. The molecule has 0 radical (unpaired) electrons. The number of amides is 1. The minimum Gasteiger partial charge on any atom is -0.323 e. The summed E-state index contributed by atoms with van der Waals surface area (Å²) >= 11 is 1.52. The van der Waals surface area contributed by atoms with E-state index in [9.17, 15) is 4.79 Å². The molecule has 0 saturated carbocycles. The Bertz CT molecular complexity index is 253. The van der Waals surface area contributed by atoms with Gasteiger partial charge in [0.1, 0.15) is 0 Å². The maximum absolute atomic E-state index is 10.8. The third-order valence-electron chi connectivity index (χ3n) is 1.13. The fraction of sp³-hybridized carbons (Fsp3) is 0.714. The van der Waals surface area contributed by atoms with Crippen LogP contribution in [0.1, 0.15) is 18.0 Å². The molecule has 0 aliphatic carbocycles. The van der Waals surface area contributed by atoms with E-state index in [1.54, 1.807) is 5.32 Å². The highest BCUT2D eigenvalue weighted by Gasteiger charge is 2.12. The molecule has 0 rings (SSSR count). The largest absolute Gasteiger partial charge is 0.433 e. The zero-order chi connectivity index (χ0) is 12.1. The van der Waals surface area contributed by atoms with Gasteiger partial charge < -0.3 is 5.32 Å². The lowest BCUT2D eigenvalue weighted by molar-refractivity contribution is 0.153. The van der Waals surface area contributed by atoms with E-state index in [0.29, 0.717) is 0 Å². The predicted octanol–water partition coefficient (Wildman–Crippen LogP) is 1.47. The van der Waals surface area contributed by atoms with Gasteiger partial charge in [0, 0.05) is 15.8 Å². The monoisotopic (exact) mass is 193 g/mol. The van der Waals surface area contributed by atoms with E-state index >= 15 is 0 Å². The summed E-state index contributed by atoms with van der Waals surface area (Å²) in [6, 6.07) is 0. The van der Waals surface area contributed by atoms with Gasteiger partial charge in [-0.25, -0.2) is 4.79 Å². The van der Waals surface area contributed by atoms with Gasteiger partial charge in [-0.05, 0) is 20.1 Å². The molecule has 0 aliphatic heterocycles. The van der Waals surface area contributed by atoms with E-state index in [1.807, 2.05) is 20.1 Å². The van der Waals surface area contributed by atoms with Gasteiger partial charge in [0.2, 0.25) is 0 Å². The third-order valence-corrected chi connectivity index (χ3v) is 2.28. The summed E-state index contributed by atoms with van der Waals surface area (Å²) in [4.78, 5) is 15.1. The molecule has 0 spiro atoms. The Morgan fingerprint density at radius 3 is 3.00 bits per heavy atom. The zero-order valence-corrected chi connectivity index (χ0v) is 8.07. The van der Waals surface area contributed by atoms with E-state index in [4.69, 9.17) is 4.11 Å². The second-order valence-corrected chi connectivity index (χ2v) is 4.01. The Morgan fingerprint density at radius 1 is 1.83 bits per heavy atom. The molecule has 1 amide bonds. The van der Waals surface area contributed by atoms with Crippen molar-refractivity contribution in [1.82, 2.24) is 5.32 Å². The lowest BCUT2D eigenvalue weighted by atomic mass is 10.2. The predicted molar refractivity (Wildman–Crippen MR) is 51.6 cm³/mol. The number of rotatable bonds is 3. The average Bonchev–Trinajstić information content (AvgIpc) is 2.00. The lowest BCUT2D eigenvalue weighted by Gasteiger charge is -2.13. The van der Waals surface area contributed by atoms with Crippen LogP contribution in [0.25, 0.3) is 0 Å². The fourth-order valence-corrected chi connectivity index (χ4v) is 0.425. The van der Waals surface area contributed by atoms with Crippen molar-refractivity contribution in [3.63, 3.8) is 0 Å². The van der Waals surface area contributed by atoms with Crippen LogP contribution < -0.4 is 5.32 Å². The molecule has 0 aromatic rings. The summed E-state index contributed by atoms with van der Waals surface area (Å²) in [6.07, 6.45) is 2.22. The molecule has 5 heteroatoms. The maximum Gasteiger partial charge on any atom is 0.433 e. The van der Waals surface area contributed by atoms with E-state index in [1.165, 1.54) is 18.0 Å². The van der Waals surface area contributed by atoms with Gasteiger partial charge in [0.25, 0.3) is 0 Å². The van der Waals surface area contributed by atoms with Gasteiger partial charge >= 0.3 is 6.09 Å². The molecule has 0 heterocycles. The first-order valence-corrected chi connectivity index (χ1v) is 4.47. The molecule has 12 heavy (non-hydrogen) atoms. The highest BCUT2D eigenvalue weighted by atomic mass is 32.2. The molecule has 0 aromatic heterocycles. The van der Waals surface area contributed by atoms with Crippen LogP contribution in [0.2, 0.25) is 0 Å². The van der Waals surface area contributed by atoms with Gasteiger partial charge in [0.05, 0.1) is 6.21 Å². The summed E-state index contributed by atoms with van der Waals surface area (Å²) in [7, 11) is 0. The number of hydrogen-bond donors (Lipinski definition) is 1. The number of hydrogen-bond acceptors (Lipinski definition) is 4. The second kappa shape index (κ2) is 5.03. The smallest absolute Gasteiger partial charge is 0.323 e. The van der Waals surface area contributed by atoms with Crippen LogP contribution in [0.5, 0.6) is 0 Å². The highest BCUT2D eigenvalue weighted by molar-refractivity contribution is 8.00. The Kier molecular flexibility index (Phi) is 2.84. The first kappa shape index (κ1) is 6.77. The molecule has 4 nitrogen and oxygen atoms in total. The van der Waals surface area contributed by atoms with Crippen molar-refractivity contribution in [2.75, 3.05) is 13.2 Å². The molecule has 1 N–H and O–H groups in total. The standard InChI is InChI=1S/C7H14N2O2S/c1-7(2,12-4)5-9-11-6(10)8-3/h5H,1-4H3,(H,8,10)/b9-5+/i3D3. The quantitative estimate of drug-likeness (QED) is 0.419. The van der Waals surface area contributed by atoms with Gasteiger partial charge in [-0.3, -0.25) is 4.84 Å². The van der Waals surface area contributed by atoms with Crippen LogP contribution in [0, 0.1) is 0 Å². The second-order valence-electron chi connectivity index (χ2n) is 2.55. The Balaban J connectivity index is 4.02. The lowest BCUT2D eigenvalue weighted by Crippen LogP contribution is -2.19. The highest BCUT2D eigenvalue weighted by Crippen LogP contribution is 2.17. The van der Waals surface area contributed by atoms with Crippen molar-refractivity contribution in [2.24, 2.45) is 5.16 Å². The molecule has 0 saturated heterocycles. The first-order valence-electron chi connectivity index (χ1n) is 4.75. The summed E-state index contributed by atoms with van der Waals surface area (Å²) in [5, 5.41) is 5.03. The van der Waals surface area contributed by atoms with Crippen molar-refractivity contribution in [3.05, 3.63) is 0 Å². The van der Waals surface area contributed by atoms with Gasteiger partial charge in [0.15, 0.2) is 0 Å². The molecule has 70 valence electrons. The summed E-state index contributed by atoms with van der Waals surface area (Å²) < 4.78 is 19.9. The van der Waals surface area contributed by atoms with Gasteiger partial charge in [-0.2, -0.15) is 11.8 Å². The van der Waals surface area contributed by atoms with Gasteiger partial charge in [-0.15, -0.1) is 0 Å². The van der Waals surface area contributed by atoms with E-state index < -0.39 is 13.1 Å². The Hall–Kier alpha value is -0.710. The molecule has 0 aromatic carbocycles. The number of carbonyl (C=O) groups is 1. The summed E-state index contributed by atoms with van der Waals surface area (Å²) in [5.74, 6) is 0. The normalized spacial score (nSPS) is 16.4. The van der Waals surface area contributed by atoms with Gasteiger partial charge in [-0.1, -0.05) is 5.16 Å². The van der Waals surface area contributed by atoms with Crippen LogP contribution in [-0.4, -0.2) is 30.3 Å². The molecular formula is C7H14N2O2S. The van der Waals surface area contributed by atoms with Crippen LogP contribution in [0.3, 0.4) is 0 Å². The number of carbonyl (C=O) groups excluding carboxylic acids is 1. The van der Waals surface area contributed by atoms with E-state index in [2.05, 4.69) is 9.99 Å². The number of nitrogens with one attached hydrogen (secondary N) is 1. The van der Waals surface area contributed by atoms with Crippen LogP contribution in [0.15, 0.2) is 5.16 Å². The SMILES string of the molecule is [2H]C([2H])([2H])NC(=O)O/N=C/C(C)(C)SC. The van der Waals surface area contributed by atoms with Crippen LogP contribution in [-0.2, 0) is 4.84 Å². The Morgan fingerprint density at radius 2 is 2.50 bits per heavy atom. The Labute approximate surface area is 80.9 Å². The minimum atomic E-state index is -2.55. The fourth-order valence-electron chi connectivity index (χ4n) is 0.277. The van der Waals surface area contributed by atoms with Crippen molar-refractivity contribution in [3.8, 4) is 0 Å². The molecule has 0 unspecified atom stereocenters. The first-order chi connectivity index (χ1) is 6.66. The molecule has 0 aliphatic rings. The van der Waals surface area contributed by atoms with Crippen molar-refractivity contribution >= 4 is 24.1 Å². The minimum absolute atomic E-state index is 0.264. The van der Waals surface area contributed by atoms with E-state index in [0.717, 1.165) is 0 Å². The van der Waals surface area contributed by atoms with Crippen molar-refractivity contribution in [2.45, 2.75) is 18.6 Å². The van der Waals surface area contributed by atoms with E-state index in [-0.39, 0.29) is 4.75 Å². The molecule has 0 fully saturated rings. The maximum atomic E-state index is 10.8. The third kappa shape index (κ3) is 5.01. The zero-order valence-electron chi connectivity index (χ0n) is 10.2. The van der Waals surface area contributed by atoms with Crippen LogP contribution in [0.4, 0.5) is 4.79 Å². The summed E-state index contributed by atoms with van der Waals surface area (Å²) in [5.41, 5.74) is 0. The van der Waals surface area contributed by atoms with Crippen molar-refractivity contribution in [1.29, 1.82) is 0 Å². The molecular weight excluding hydrogens is 176 g/mol. The topological polar surface area (TPSA) is 50.7 Å². The molecule has 0 atom stereocenters.